The van der Waals surface area contributed by atoms with E-state index in [0.29, 0.717) is 0 Å². The second kappa shape index (κ2) is 10.1. The van der Waals surface area contributed by atoms with E-state index >= 15 is 0 Å². The van der Waals surface area contributed by atoms with Gasteiger partial charge in [-0.15, -0.1) is 0 Å². The molecule has 1 N–H and O–H groups in total. The summed E-state index contributed by atoms with van der Waals surface area (Å²) in [5, 5.41) is 7.45. The normalized spacial score (nSPS) is 14.2. The van der Waals surface area contributed by atoms with E-state index in [2.05, 4.69) is 5.32 Å². The van der Waals surface area contributed by atoms with Crippen LogP contribution in [-0.4, -0.2) is 28.2 Å². The SMILES string of the molecule is O=C(CNC(=O)C1CCCCC1)OCc1cn(-c2ccccc2)nc1-c1ccccc1. The molecule has 0 saturated heterocycles. The number of para-hydroxylation sites is 1. The summed E-state index contributed by atoms with van der Waals surface area (Å²) < 4.78 is 7.26. The maximum absolute atomic E-state index is 12.3. The number of carbonyl (C=O) groups excluding carboxylic acids is 2. The van der Waals surface area contributed by atoms with Crippen molar-refractivity contribution in [3.63, 3.8) is 0 Å². The number of benzene rings is 2. The molecule has 1 amide bonds. The molecule has 160 valence electrons. The van der Waals surface area contributed by atoms with E-state index in [4.69, 9.17) is 9.84 Å². The Bertz CT molecular complexity index is 1010. The summed E-state index contributed by atoms with van der Waals surface area (Å²) in [6, 6.07) is 19.6. The van der Waals surface area contributed by atoms with Gasteiger partial charge in [0.05, 0.1) is 11.4 Å². The lowest BCUT2D eigenvalue weighted by molar-refractivity contribution is -0.145. The molecule has 0 aliphatic heterocycles. The Morgan fingerprint density at radius 1 is 0.968 bits per heavy atom. The Hall–Kier alpha value is -3.41. The molecule has 1 aliphatic carbocycles. The molecule has 0 bridgehead atoms. The van der Waals surface area contributed by atoms with Crippen LogP contribution in [0.25, 0.3) is 16.9 Å². The molecule has 2 aromatic carbocycles. The van der Waals surface area contributed by atoms with Gasteiger partial charge < -0.3 is 10.1 Å². The average molecular weight is 418 g/mol. The average Bonchev–Trinajstić information content (AvgIpc) is 3.27. The van der Waals surface area contributed by atoms with Crippen LogP contribution < -0.4 is 5.32 Å². The third-order valence-corrected chi connectivity index (χ3v) is 5.63. The molecule has 4 rings (SSSR count). The number of carbonyl (C=O) groups is 2. The first-order valence-corrected chi connectivity index (χ1v) is 10.8. The fourth-order valence-electron chi connectivity index (χ4n) is 3.95. The van der Waals surface area contributed by atoms with Crippen LogP contribution in [0.15, 0.2) is 66.9 Å². The molecule has 1 aliphatic rings. The zero-order chi connectivity index (χ0) is 21.5. The summed E-state index contributed by atoms with van der Waals surface area (Å²) >= 11 is 0. The van der Waals surface area contributed by atoms with Crippen molar-refractivity contribution in [2.75, 3.05) is 6.54 Å². The van der Waals surface area contributed by atoms with E-state index in [-0.39, 0.29) is 25.0 Å². The highest BCUT2D eigenvalue weighted by Crippen LogP contribution is 2.25. The summed E-state index contributed by atoms with van der Waals surface area (Å²) in [6.45, 7) is -0.0159. The van der Waals surface area contributed by atoms with Crippen molar-refractivity contribution in [2.45, 2.75) is 38.7 Å². The Balaban J connectivity index is 1.41. The first-order valence-electron chi connectivity index (χ1n) is 10.8. The number of hydrogen-bond donors (Lipinski definition) is 1. The molecule has 6 heteroatoms. The monoisotopic (exact) mass is 417 g/mol. The number of amides is 1. The van der Waals surface area contributed by atoms with Crippen LogP contribution in [0.3, 0.4) is 0 Å². The molecule has 6 nitrogen and oxygen atoms in total. The Morgan fingerprint density at radius 3 is 2.35 bits per heavy atom. The van der Waals surface area contributed by atoms with Gasteiger partial charge in [0.25, 0.3) is 0 Å². The largest absolute Gasteiger partial charge is 0.459 e. The van der Waals surface area contributed by atoms with E-state index in [1.54, 1.807) is 4.68 Å². The van der Waals surface area contributed by atoms with Crippen molar-refractivity contribution >= 4 is 11.9 Å². The first kappa shape index (κ1) is 20.8. The lowest BCUT2D eigenvalue weighted by Crippen LogP contribution is -2.36. The van der Waals surface area contributed by atoms with Gasteiger partial charge in [0.2, 0.25) is 5.91 Å². The van der Waals surface area contributed by atoms with Crippen LogP contribution in [0.1, 0.15) is 37.7 Å². The highest BCUT2D eigenvalue weighted by molar-refractivity contribution is 5.83. The van der Waals surface area contributed by atoms with Crippen LogP contribution in [0.5, 0.6) is 0 Å². The van der Waals surface area contributed by atoms with Crippen LogP contribution in [0.2, 0.25) is 0 Å². The summed E-state index contributed by atoms with van der Waals surface area (Å²) in [4.78, 5) is 24.5. The minimum Gasteiger partial charge on any atom is -0.459 e. The minimum atomic E-state index is -0.448. The quantitative estimate of drug-likeness (QED) is 0.583. The fraction of sp³-hybridized carbons (Fsp3) is 0.320. The molecule has 1 aromatic heterocycles. The molecule has 1 saturated carbocycles. The molecule has 31 heavy (non-hydrogen) atoms. The molecule has 0 atom stereocenters. The number of esters is 1. The van der Waals surface area contributed by atoms with E-state index in [1.165, 1.54) is 6.42 Å². The van der Waals surface area contributed by atoms with Gasteiger partial charge in [-0.1, -0.05) is 67.8 Å². The number of rotatable bonds is 7. The minimum absolute atomic E-state index is 0.0235. The smallest absolute Gasteiger partial charge is 0.325 e. The van der Waals surface area contributed by atoms with E-state index in [0.717, 1.165) is 48.2 Å². The number of aromatic nitrogens is 2. The van der Waals surface area contributed by atoms with Crippen molar-refractivity contribution < 1.29 is 14.3 Å². The second-order valence-electron chi connectivity index (χ2n) is 7.86. The van der Waals surface area contributed by atoms with Crippen molar-refractivity contribution in [2.24, 2.45) is 5.92 Å². The van der Waals surface area contributed by atoms with E-state index in [9.17, 15) is 9.59 Å². The zero-order valence-corrected chi connectivity index (χ0v) is 17.5. The predicted molar refractivity (Wildman–Crippen MR) is 118 cm³/mol. The fourth-order valence-corrected chi connectivity index (χ4v) is 3.95. The van der Waals surface area contributed by atoms with Crippen LogP contribution in [0, 0.1) is 5.92 Å². The van der Waals surface area contributed by atoms with Crippen molar-refractivity contribution in [1.29, 1.82) is 0 Å². The Morgan fingerprint density at radius 2 is 1.65 bits per heavy atom. The number of nitrogens with zero attached hydrogens (tertiary/aromatic N) is 2. The lowest BCUT2D eigenvalue weighted by atomic mass is 9.89. The predicted octanol–water partition coefficient (Wildman–Crippen LogP) is 4.28. The van der Waals surface area contributed by atoms with Gasteiger partial charge in [-0.3, -0.25) is 9.59 Å². The highest BCUT2D eigenvalue weighted by atomic mass is 16.5. The summed E-state index contributed by atoms with van der Waals surface area (Å²) in [6.07, 6.45) is 7.03. The molecule has 3 aromatic rings. The molecular weight excluding hydrogens is 390 g/mol. The number of ether oxygens (including phenoxy) is 1. The second-order valence-corrected chi connectivity index (χ2v) is 7.86. The summed E-state index contributed by atoms with van der Waals surface area (Å²) in [5.41, 5.74) is 3.45. The molecule has 0 radical (unpaired) electrons. The first-order chi connectivity index (χ1) is 15.2. The van der Waals surface area contributed by atoms with Crippen LogP contribution in [-0.2, 0) is 20.9 Å². The van der Waals surface area contributed by atoms with E-state index < -0.39 is 5.97 Å². The van der Waals surface area contributed by atoms with Gasteiger partial charge in [-0.05, 0) is 25.0 Å². The van der Waals surface area contributed by atoms with Gasteiger partial charge in [-0.2, -0.15) is 5.10 Å². The maximum Gasteiger partial charge on any atom is 0.325 e. The molecular formula is C25H27N3O3. The molecule has 0 unspecified atom stereocenters. The Kier molecular flexibility index (Phi) is 6.77. The van der Waals surface area contributed by atoms with Gasteiger partial charge in [0.1, 0.15) is 13.2 Å². The van der Waals surface area contributed by atoms with Gasteiger partial charge in [0.15, 0.2) is 0 Å². The third-order valence-electron chi connectivity index (χ3n) is 5.63. The Labute approximate surface area is 182 Å². The van der Waals surface area contributed by atoms with Crippen LogP contribution >= 0.6 is 0 Å². The standard InChI is InChI=1S/C25H27N3O3/c29-23(16-26-25(30)20-12-6-2-7-13-20)31-18-21-17-28(22-14-8-3-9-15-22)27-24(21)19-10-4-1-5-11-19/h1,3-5,8-11,14-15,17,20H,2,6-7,12-13,16,18H2,(H,26,30). The maximum atomic E-state index is 12.3. The molecule has 0 spiro atoms. The molecule has 1 fully saturated rings. The van der Waals surface area contributed by atoms with Crippen molar-refractivity contribution in [3.8, 4) is 16.9 Å². The van der Waals surface area contributed by atoms with Gasteiger partial charge >= 0.3 is 5.97 Å². The third kappa shape index (κ3) is 5.40. The van der Waals surface area contributed by atoms with Crippen molar-refractivity contribution in [1.82, 2.24) is 15.1 Å². The van der Waals surface area contributed by atoms with Crippen LogP contribution in [0.4, 0.5) is 0 Å². The molecule has 1 heterocycles. The van der Waals surface area contributed by atoms with Gasteiger partial charge in [-0.25, -0.2) is 4.68 Å². The van der Waals surface area contributed by atoms with Crippen molar-refractivity contribution in [3.05, 3.63) is 72.4 Å². The topological polar surface area (TPSA) is 73.2 Å². The summed E-state index contributed by atoms with van der Waals surface area (Å²) in [5.74, 6) is -0.468. The number of nitrogens with one attached hydrogen (secondary N) is 1. The highest BCUT2D eigenvalue weighted by Gasteiger charge is 2.21. The van der Waals surface area contributed by atoms with Gasteiger partial charge in [0, 0.05) is 23.2 Å². The van der Waals surface area contributed by atoms with E-state index in [1.807, 2.05) is 66.9 Å². The zero-order valence-electron chi connectivity index (χ0n) is 17.5. The lowest BCUT2D eigenvalue weighted by Gasteiger charge is -2.20. The number of hydrogen-bond acceptors (Lipinski definition) is 4. The summed E-state index contributed by atoms with van der Waals surface area (Å²) in [7, 11) is 0.